The summed E-state index contributed by atoms with van der Waals surface area (Å²) in [5, 5.41) is 0. The molecule has 0 saturated heterocycles. The second-order valence-electron chi connectivity index (χ2n) is 4.40. The lowest BCUT2D eigenvalue weighted by Gasteiger charge is -2.04. The molecule has 0 spiro atoms. The van der Waals surface area contributed by atoms with Crippen molar-refractivity contribution in [2.45, 2.75) is 19.5 Å². The van der Waals surface area contributed by atoms with Gasteiger partial charge in [-0.1, -0.05) is 0 Å². The Morgan fingerprint density at radius 2 is 2.21 bits per heavy atom. The van der Waals surface area contributed by atoms with E-state index in [1.54, 1.807) is 23.2 Å². The first-order valence-electron chi connectivity index (χ1n) is 6.08. The van der Waals surface area contributed by atoms with Crippen LogP contribution in [-0.4, -0.2) is 19.1 Å². The van der Waals surface area contributed by atoms with Crippen molar-refractivity contribution in [3.8, 4) is 0 Å². The number of halogens is 1. The Bertz CT molecular complexity index is 742. The molecular formula is C13H13FN4O. The van der Waals surface area contributed by atoms with Crippen LogP contribution in [0, 0.1) is 5.82 Å². The second kappa shape index (κ2) is 4.72. The third-order valence-corrected chi connectivity index (χ3v) is 3.09. The first-order valence-corrected chi connectivity index (χ1v) is 6.08. The van der Waals surface area contributed by atoms with E-state index in [2.05, 4.69) is 9.97 Å². The summed E-state index contributed by atoms with van der Waals surface area (Å²) in [6, 6.07) is 4.32. The maximum Gasteiger partial charge on any atom is 0.326 e. The van der Waals surface area contributed by atoms with E-state index in [9.17, 15) is 9.18 Å². The van der Waals surface area contributed by atoms with Crippen molar-refractivity contribution in [1.29, 1.82) is 0 Å². The van der Waals surface area contributed by atoms with Crippen LogP contribution in [0.2, 0.25) is 0 Å². The summed E-state index contributed by atoms with van der Waals surface area (Å²) >= 11 is 0. The second-order valence-corrected chi connectivity index (χ2v) is 4.40. The van der Waals surface area contributed by atoms with Gasteiger partial charge in [-0.3, -0.25) is 4.57 Å². The normalized spacial score (nSPS) is 11.2. The molecule has 3 rings (SSSR count). The Morgan fingerprint density at radius 1 is 1.32 bits per heavy atom. The molecule has 0 saturated carbocycles. The molecule has 0 aliphatic rings. The average molecular weight is 260 g/mol. The summed E-state index contributed by atoms with van der Waals surface area (Å²) in [6.07, 6.45) is 6.15. The highest BCUT2D eigenvalue weighted by molar-refractivity contribution is 5.75. The Morgan fingerprint density at radius 3 is 3.00 bits per heavy atom. The topological polar surface area (TPSA) is 55.6 Å². The summed E-state index contributed by atoms with van der Waals surface area (Å²) in [4.78, 5) is 18.4. The highest BCUT2D eigenvalue weighted by Gasteiger charge is 2.06. The lowest BCUT2D eigenvalue weighted by atomic mass is 10.3. The van der Waals surface area contributed by atoms with E-state index in [1.165, 1.54) is 12.1 Å². The van der Waals surface area contributed by atoms with Gasteiger partial charge in [-0.15, -0.1) is 0 Å². The van der Waals surface area contributed by atoms with Gasteiger partial charge in [0.1, 0.15) is 5.82 Å². The molecule has 0 atom stereocenters. The quantitative estimate of drug-likeness (QED) is 0.777. The van der Waals surface area contributed by atoms with E-state index < -0.39 is 0 Å². The van der Waals surface area contributed by atoms with Crippen molar-refractivity contribution in [3.63, 3.8) is 0 Å². The fraction of sp³-hybridized carbons (Fsp3) is 0.231. The van der Waals surface area contributed by atoms with Gasteiger partial charge in [0, 0.05) is 25.5 Å². The monoisotopic (exact) mass is 260 g/mol. The molecule has 1 N–H and O–H groups in total. The minimum absolute atomic E-state index is 0.203. The summed E-state index contributed by atoms with van der Waals surface area (Å²) < 4.78 is 16.7. The summed E-state index contributed by atoms with van der Waals surface area (Å²) in [7, 11) is 0. The average Bonchev–Trinajstić information content (AvgIpc) is 2.98. The zero-order valence-electron chi connectivity index (χ0n) is 10.2. The Labute approximate surface area is 108 Å². The number of aromatic nitrogens is 4. The molecule has 0 bridgehead atoms. The summed E-state index contributed by atoms with van der Waals surface area (Å²) in [5.74, 6) is -0.348. The summed E-state index contributed by atoms with van der Waals surface area (Å²) in [6.45, 7) is 1.38. The van der Waals surface area contributed by atoms with Crippen molar-refractivity contribution in [2.75, 3.05) is 0 Å². The highest BCUT2D eigenvalue weighted by Crippen LogP contribution is 2.12. The minimum atomic E-state index is -0.348. The predicted molar refractivity (Wildman–Crippen MR) is 69.4 cm³/mol. The van der Waals surface area contributed by atoms with E-state index in [1.807, 2.05) is 10.8 Å². The maximum atomic E-state index is 13.1. The van der Waals surface area contributed by atoms with Crippen molar-refractivity contribution in [3.05, 3.63) is 53.2 Å². The van der Waals surface area contributed by atoms with Crippen molar-refractivity contribution < 1.29 is 4.39 Å². The number of hydrogen-bond donors (Lipinski definition) is 1. The van der Waals surface area contributed by atoms with Crippen LogP contribution in [0.25, 0.3) is 11.0 Å². The van der Waals surface area contributed by atoms with Crippen molar-refractivity contribution >= 4 is 11.0 Å². The smallest absolute Gasteiger partial charge is 0.326 e. The van der Waals surface area contributed by atoms with Gasteiger partial charge in [0.25, 0.3) is 0 Å². The number of nitrogens with one attached hydrogen (secondary N) is 1. The lowest BCUT2D eigenvalue weighted by Crippen LogP contribution is -2.17. The molecule has 19 heavy (non-hydrogen) atoms. The van der Waals surface area contributed by atoms with Gasteiger partial charge < -0.3 is 9.55 Å². The molecule has 2 heterocycles. The van der Waals surface area contributed by atoms with Crippen LogP contribution in [0.5, 0.6) is 0 Å². The molecule has 98 valence electrons. The summed E-state index contributed by atoms with van der Waals surface area (Å²) in [5.41, 5.74) is 1.07. The van der Waals surface area contributed by atoms with Crippen molar-refractivity contribution in [2.24, 2.45) is 0 Å². The number of benzene rings is 1. The number of aryl methyl sites for hydroxylation is 2. The fourth-order valence-corrected chi connectivity index (χ4v) is 2.19. The molecule has 1 aromatic carbocycles. The zero-order valence-corrected chi connectivity index (χ0v) is 10.2. The molecule has 0 radical (unpaired) electrons. The Balaban J connectivity index is 1.80. The third kappa shape index (κ3) is 2.29. The lowest BCUT2D eigenvalue weighted by molar-refractivity contribution is 0.562. The highest BCUT2D eigenvalue weighted by atomic mass is 19.1. The number of imidazole rings is 2. The van der Waals surface area contributed by atoms with E-state index in [-0.39, 0.29) is 11.5 Å². The van der Waals surface area contributed by atoms with Gasteiger partial charge in [-0.05, 0) is 24.6 Å². The van der Waals surface area contributed by atoms with Crippen LogP contribution in [0.3, 0.4) is 0 Å². The minimum Gasteiger partial charge on any atom is -0.337 e. The van der Waals surface area contributed by atoms with E-state index >= 15 is 0 Å². The first kappa shape index (κ1) is 11.7. The standard InChI is InChI=1S/C13H13FN4O/c14-10-2-3-12-11(8-10)16-13(19)18(12)6-1-5-17-7-4-15-9-17/h2-4,7-9H,1,5-6H2,(H,16,19). The number of aromatic amines is 1. The molecule has 0 aliphatic heterocycles. The molecule has 0 amide bonds. The van der Waals surface area contributed by atoms with Crippen LogP contribution >= 0.6 is 0 Å². The van der Waals surface area contributed by atoms with Gasteiger partial charge in [0.05, 0.1) is 17.4 Å². The van der Waals surface area contributed by atoms with Gasteiger partial charge in [0.15, 0.2) is 0 Å². The van der Waals surface area contributed by atoms with Crippen molar-refractivity contribution in [1.82, 2.24) is 19.1 Å². The SMILES string of the molecule is O=c1[nH]c2cc(F)ccc2n1CCCn1ccnc1. The molecule has 0 aliphatic carbocycles. The third-order valence-electron chi connectivity index (χ3n) is 3.09. The van der Waals surface area contributed by atoms with E-state index in [0.29, 0.717) is 12.1 Å². The Hall–Kier alpha value is -2.37. The molecule has 0 unspecified atom stereocenters. The number of rotatable bonds is 4. The van der Waals surface area contributed by atoms with Gasteiger partial charge in [0.2, 0.25) is 0 Å². The molecule has 3 aromatic rings. The number of H-pyrrole nitrogens is 1. The predicted octanol–water partition coefficient (Wildman–Crippen LogP) is 1.76. The van der Waals surface area contributed by atoms with Gasteiger partial charge in [-0.25, -0.2) is 14.2 Å². The molecule has 0 fully saturated rings. The largest absolute Gasteiger partial charge is 0.337 e. The number of fused-ring (bicyclic) bond motifs is 1. The fourth-order valence-electron chi connectivity index (χ4n) is 2.19. The van der Waals surface area contributed by atoms with Gasteiger partial charge >= 0.3 is 5.69 Å². The zero-order chi connectivity index (χ0) is 13.2. The number of nitrogens with zero attached hydrogens (tertiary/aromatic N) is 3. The number of hydrogen-bond acceptors (Lipinski definition) is 2. The maximum absolute atomic E-state index is 13.1. The van der Waals surface area contributed by atoms with Crippen LogP contribution in [0.1, 0.15) is 6.42 Å². The van der Waals surface area contributed by atoms with Crippen LogP contribution in [0.15, 0.2) is 41.7 Å². The molecule has 2 aromatic heterocycles. The first-order chi connectivity index (χ1) is 9.24. The van der Waals surface area contributed by atoms with Gasteiger partial charge in [-0.2, -0.15) is 0 Å². The van der Waals surface area contributed by atoms with Crippen LogP contribution in [0.4, 0.5) is 4.39 Å². The molecule has 5 nitrogen and oxygen atoms in total. The van der Waals surface area contributed by atoms with Crippen LogP contribution in [-0.2, 0) is 13.1 Å². The van der Waals surface area contributed by atoms with E-state index in [4.69, 9.17) is 0 Å². The molecular weight excluding hydrogens is 247 g/mol. The molecule has 6 heteroatoms. The van der Waals surface area contributed by atoms with Crippen LogP contribution < -0.4 is 5.69 Å². The van der Waals surface area contributed by atoms with E-state index in [0.717, 1.165) is 18.5 Å². The Kier molecular flexibility index (Phi) is 2.91.